The van der Waals surface area contributed by atoms with E-state index in [1.807, 2.05) is 0 Å². The Balaban J connectivity index is 2.12. The summed E-state index contributed by atoms with van der Waals surface area (Å²) < 4.78 is 0. The number of rotatable bonds is 3. The van der Waals surface area contributed by atoms with Gasteiger partial charge in [-0.1, -0.05) is 0 Å². The number of benzene rings is 1. The minimum absolute atomic E-state index is 0.554. The van der Waals surface area contributed by atoms with Gasteiger partial charge in [0.1, 0.15) is 5.82 Å². The van der Waals surface area contributed by atoms with Crippen LogP contribution in [0.2, 0.25) is 0 Å². The molecule has 1 aromatic heterocycles. The van der Waals surface area contributed by atoms with Crippen LogP contribution in [0.25, 0.3) is 10.9 Å². The van der Waals surface area contributed by atoms with E-state index in [1.165, 1.54) is 34.9 Å². The molecule has 1 aliphatic heterocycles. The number of nitrogens with zero attached hydrogens (tertiary/aromatic N) is 3. The van der Waals surface area contributed by atoms with Gasteiger partial charge in [-0.05, 0) is 68.0 Å². The number of nitriles is 1. The van der Waals surface area contributed by atoms with Crippen molar-refractivity contribution in [2.24, 2.45) is 0 Å². The Hall–Kier alpha value is -2.08. The molecule has 3 heteroatoms. The predicted molar refractivity (Wildman–Crippen MR) is 86.6 cm³/mol. The average Bonchev–Trinajstić information content (AvgIpc) is 3.00. The molecule has 1 aromatic carbocycles. The van der Waals surface area contributed by atoms with E-state index in [-0.39, 0.29) is 0 Å². The summed E-state index contributed by atoms with van der Waals surface area (Å²) in [7, 11) is 0. The van der Waals surface area contributed by atoms with E-state index < -0.39 is 0 Å². The molecule has 3 rings (SSSR count). The predicted octanol–water partition coefficient (Wildman–Crippen LogP) is 3.91. The smallest absolute Gasteiger partial charge is 0.132 e. The van der Waals surface area contributed by atoms with Crippen LogP contribution in [0.15, 0.2) is 18.2 Å². The molecule has 108 valence electrons. The summed E-state index contributed by atoms with van der Waals surface area (Å²) in [4.78, 5) is 7.30. The second-order valence-corrected chi connectivity index (χ2v) is 5.95. The molecule has 0 bridgehead atoms. The number of pyridine rings is 1. The maximum Gasteiger partial charge on any atom is 0.132 e. The third-order valence-corrected chi connectivity index (χ3v) is 4.40. The Morgan fingerprint density at radius 2 is 1.86 bits per heavy atom. The maximum absolute atomic E-state index is 8.89. The first-order valence-corrected chi connectivity index (χ1v) is 7.72. The first-order chi connectivity index (χ1) is 10.2. The van der Waals surface area contributed by atoms with Crippen molar-refractivity contribution in [2.45, 2.75) is 39.5 Å². The van der Waals surface area contributed by atoms with E-state index in [0.717, 1.165) is 30.8 Å². The van der Waals surface area contributed by atoms with Crippen LogP contribution in [0, 0.1) is 25.2 Å². The van der Waals surface area contributed by atoms with Gasteiger partial charge in [0.25, 0.3) is 0 Å². The molecule has 0 amide bonds. The van der Waals surface area contributed by atoms with Crippen molar-refractivity contribution in [2.75, 3.05) is 18.0 Å². The van der Waals surface area contributed by atoms with Crippen LogP contribution in [0.1, 0.15) is 36.0 Å². The standard InChI is InChI=1S/C18H21N3/c1-13-10-16-12-15(6-5-7-19)18(21-8-3-4-9-21)20-17(16)11-14(13)2/h10-12H,3-6,8-9H2,1-2H3. The maximum atomic E-state index is 8.89. The van der Waals surface area contributed by atoms with Gasteiger partial charge in [0.05, 0.1) is 11.6 Å². The van der Waals surface area contributed by atoms with Gasteiger partial charge in [0, 0.05) is 24.9 Å². The minimum atomic E-state index is 0.554. The van der Waals surface area contributed by atoms with E-state index in [1.54, 1.807) is 0 Å². The highest BCUT2D eigenvalue weighted by atomic mass is 15.2. The first kappa shape index (κ1) is 13.9. The van der Waals surface area contributed by atoms with Crippen LogP contribution < -0.4 is 4.90 Å². The number of aryl methyl sites for hydroxylation is 3. The molecule has 2 heterocycles. The van der Waals surface area contributed by atoms with Gasteiger partial charge in [-0.3, -0.25) is 0 Å². The molecule has 0 spiro atoms. The summed E-state index contributed by atoms with van der Waals surface area (Å²) in [5.74, 6) is 1.10. The highest BCUT2D eigenvalue weighted by Crippen LogP contribution is 2.28. The van der Waals surface area contributed by atoms with E-state index in [0.29, 0.717) is 6.42 Å². The number of fused-ring (bicyclic) bond motifs is 1. The van der Waals surface area contributed by atoms with Crippen LogP contribution in [0.5, 0.6) is 0 Å². The monoisotopic (exact) mass is 279 g/mol. The zero-order chi connectivity index (χ0) is 14.8. The molecule has 0 N–H and O–H groups in total. The summed E-state index contributed by atoms with van der Waals surface area (Å²) >= 11 is 0. The molecule has 2 aromatic rings. The van der Waals surface area contributed by atoms with Crippen molar-refractivity contribution in [3.05, 3.63) is 34.9 Å². The van der Waals surface area contributed by atoms with Gasteiger partial charge in [0.2, 0.25) is 0 Å². The topological polar surface area (TPSA) is 39.9 Å². The van der Waals surface area contributed by atoms with Gasteiger partial charge in [-0.15, -0.1) is 0 Å². The zero-order valence-corrected chi connectivity index (χ0v) is 12.8. The second-order valence-electron chi connectivity index (χ2n) is 5.95. The molecule has 1 saturated heterocycles. The van der Waals surface area contributed by atoms with Gasteiger partial charge < -0.3 is 4.90 Å². The first-order valence-electron chi connectivity index (χ1n) is 7.72. The molecule has 21 heavy (non-hydrogen) atoms. The lowest BCUT2D eigenvalue weighted by Gasteiger charge is -2.21. The summed E-state index contributed by atoms with van der Waals surface area (Å²) in [6.07, 6.45) is 3.83. The minimum Gasteiger partial charge on any atom is -0.356 e. The van der Waals surface area contributed by atoms with Crippen LogP contribution in [-0.4, -0.2) is 18.1 Å². The molecule has 3 nitrogen and oxygen atoms in total. The highest BCUT2D eigenvalue weighted by molar-refractivity contribution is 5.83. The summed E-state index contributed by atoms with van der Waals surface area (Å²) in [6, 6.07) is 8.88. The summed E-state index contributed by atoms with van der Waals surface area (Å²) in [5.41, 5.74) is 4.87. The van der Waals surface area contributed by atoms with Crippen LogP contribution >= 0.6 is 0 Å². The number of aromatic nitrogens is 1. The lowest BCUT2D eigenvalue weighted by molar-refractivity contribution is 0.906. The zero-order valence-electron chi connectivity index (χ0n) is 12.8. The summed E-state index contributed by atoms with van der Waals surface area (Å²) in [6.45, 7) is 6.44. The van der Waals surface area contributed by atoms with Gasteiger partial charge in [0.15, 0.2) is 0 Å². The Bertz CT molecular complexity index is 706. The van der Waals surface area contributed by atoms with Crippen molar-refractivity contribution in [1.82, 2.24) is 4.98 Å². The molecule has 1 aliphatic rings. The van der Waals surface area contributed by atoms with E-state index >= 15 is 0 Å². The van der Waals surface area contributed by atoms with Crippen LogP contribution in [0.3, 0.4) is 0 Å². The Morgan fingerprint density at radius 1 is 1.14 bits per heavy atom. The molecule has 0 unspecified atom stereocenters. The molecule has 0 saturated carbocycles. The van der Waals surface area contributed by atoms with Gasteiger partial charge >= 0.3 is 0 Å². The lowest BCUT2D eigenvalue weighted by atomic mass is 10.0. The van der Waals surface area contributed by atoms with Gasteiger partial charge in [-0.25, -0.2) is 4.98 Å². The molecule has 0 atom stereocenters. The van der Waals surface area contributed by atoms with E-state index in [2.05, 4.69) is 43.0 Å². The molecule has 0 radical (unpaired) electrons. The Labute approximate surface area is 126 Å². The number of anilines is 1. The normalized spacial score (nSPS) is 14.6. The third-order valence-electron chi connectivity index (χ3n) is 4.40. The third kappa shape index (κ3) is 2.71. The largest absolute Gasteiger partial charge is 0.356 e. The quantitative estimate of drug-likeness (QED) is 0.855. The molecule has 1 fully saturated rings. The highest BCUT2D eigenvalue weighted by Gasteiger charge is 2.18. The lowest BCUT2D eigenvalue weighted by Crippen LogP contribution is -2.20. The Morgan fingerprint density at radius 3 is 2.57 bits per heavy atom. The molecule has 0 aliphatic carbocycles. The van der Waals surface area contributed by atoms with Crippen molar-refractivity contribution < 1.29 is 0 Å². The SMILES string of the molecule is Cc1cc2cc(CCC#N)c(N3CCCC3)nc2cc1C. The van der Waals surface area contributed by atoms with Crippen molar-refractivity contribution >= 4 is 16.7 Å². The van der Waals surface area contributed by atoms with Crippen LogP contribution in [0.4, 0.5) is 5.82 Å². The Kier molecular flexibility index (Phi) is 3.79. The van der Waals surface area contributed by atoms with E-state index in [4.69, 9.17) is 10.2 Å². The fraction of sp³-hybridized carbons (Fsp3) is 0.444. The molecular weight excluding hydrogens is 258 g/mol. The van der Waals surface area contributed by atoms with Crippen molar-refractivity contribution in [1.29, 1.82) is 5.26 Å². The number of hydrogen-bond donors (Lipinski definition) is 0. The second kappa shape index (κ2) is 5.73. The van der Waals surface area contributed by atoms with Crippen molar-refractivity contribution in [3.8, 4) is 6.07 Å². The fourth-order valence-corrected chi connectivity index (χ4v) is 3.05. The summed E-state index contributed by atoms with van der Waals surface area (Å²) in [5, 5.41) is 10.1. The van der Waals surface area contributed by atoms with E-state index in [9.17, 15) is 0 Å². The average molecular weight is 279 g/mol. The number of hydrogen-bond acceptors (Lipinski definition) is 3. The fourth-order valence-electron chi connectivity index (χ4n) is 3.05. The molecular formula is C18H21N3. The van der Waals surface area contributed by atoms with Crippen LogP contribution in [-0.2, 0) is 6.42 Å². The van der Waals surface area contributed by atoms with Crippen molar-refractivity contribution in [3.63, 3.8) is 0 Å². The van der Waals surface area contributed by atoms with Gasteiger partial charge in [-0.2, -0.15) is 5.26 Å².